The lowest BCUT2D eigenvalue weighted by molar-refractivity contribution is -0.140. The van der Waals surface area contributed by atoms with Crippen LogP contribution in [-0.4, -0.2) is 36.6 Å². The van der Waals surface area contributed by atoms with Crippen LogP contribution in [0.15, 0.2) is 30.7 Å². The number of aromatic nitrogens is 6. The van der Waals surface area contributed by atoms with Crippen molar-refractivity contribution < 1.29 is 22.3 Å². The first-order chi connectivity index (χ1) is 14.8. The Morgan fingerprint density at radius 3 is 2.65 bits per heavy atom. The summed E-state index contributed by atoms with van der Waals surface area (Å²) in [5.74, 6) is -0.330. The lowest BCUT2D eigenvalue weighted by Gasteiger charge is -2.15. The van der Waals surface area contributed by atoms with Gasteiger partial charge in [-0.2, -0.15) is 28.6 Å². The van der Waals surface area contributed by atoms with E-state index >= 15 is 0 Å². The van der Waals surface area contributed by atoms with Crippen LogP contribution in [0, 0.1) is 5.82 Å². The first kappa shape index (κ1) is 19.2. The third-order valence-electron chi connectivity index (χ3n) is 5.06. The molecule has 0 saturated heterocycles. The van der Waals surface area contributed by atoms with Crippen molar-refractivity contribution in [2.75, 3.05) is 6.61 Å². The summed E-state index contributed by atoms with van der Waals surface area (Å²) in [6.45, 7) is 2.04. The van der Waals surface area contributed by atoms with Gasteiger partial charge in [0.15, 0.2) is 5.69 Å². The lowest BCUT2D eigenvalue weighted by atomic mass is 9.96. The molecule has 0 unspecified atom stereocenters. The highest BCUT2D eigenvalue weighted by Gasteiger charge is 2.38. The number of H-pyrrole nitrogens is 1. The number of pyridine rings is 1. The molecule has 0 bridgehead atoms. The van der Waals surface area contributed by atoms with Crippen LogP contribution in [0.5, 0.6) is 5.75 Å². The number of hydrogen-bond donors (Lipinski definition) is 1. The Morgan fingerprint density at radius 1 is 1.10 bits per heavy atom. The number of benzene rings is 2. The Morgan fingerprint density at radius 2 is 1.90 bits per heavy atom. The number of hydrogen-bond acceptors (Lipinski definition) is 5. The SMILES string of the molecule is CCOc1cc(F)cc2c3c(-c4n[nH]nc4C(F)(F)F)ccnc3c3ncn(C)c3c12. The topological polar surface area (TPSA) is 81.5 Å². The molecule has 0 spiro atoms. The molecule has 0 aliphatic rings. The second-order valence-corrected chi connectivity index (χ2v) is 6.91. The molecule has 0 aliphatic carbocycles. The van der Waals surface area contributed by atoms with Crippen molar-refractivity contribution in [3.63, 3.8) is 0 Å². The monoisotopic (exact) mass is 430 g/mol. The number of aryl methyl sites for hydroxylation is 1. The van der Waals surface area contributed by atoms with Crippen molar-refractivity contribution in [1.29, 1.82) is 0 Å². The average molecular weight is 430 g/mol. The predicted molar refractivity (Wildman–Crippen MR) is 105 cm³/mol. The van der Waals surface area contributed by atoms with Crippen LogP contribution in [0.3, 0.4) is 0 Å². The molecule has 1 N–H and O–H groups in total. The van der Waals surface area contributed by atoms with Crippen molar-refractivity contribution in [3.05, 3.63) is 42.2 Å². The number of halogens is 4. The zero-order valence-corrected chi connectivity index (χ0v) is 16.3. The molecule has 2 aromatic carbocycles. The highest BCUT2D eigenvalue weighted by Crippen LogP contribution is 2.44. The second kappa shape index (κ2) is 6.62. The minimum atomic E-state index is -4.73. The van der Waals surface area contributed by atoms with Gasteiger partial charge in [-0.1, -0.05) is 0 Å². The van der Waals surface area contributed by atoms with Gasteiger partial charge < -0.3 is 9.30 Å². The van der Waals surface area contributed by atoms with Gasteiger partial charge in [-0.3, -0.25) is 4.98 Å². The Labute approximate surface area is 171 Å². The van der Waals surface area contributed by atoms with Crippen LogP contribution in [0.2, 0.25) is 0 Å². The fourth-order valence-electron chi connectivity index (χ4n) is 3.92. The molecule has 5 rings (SSSR count). The molecule has 158 valence electrons. The van der Waals surface area contributed by atoms with E-state index in [1.54, 1.807) is 24.9 Å². The quantitative estimate of drug-likeness (QED) is 0.334. The molecule has 11 heteroatoms. The van der Waals surface area contributed by atoms with Gasteiger partial charge >= 0.3 is 6.18 Å². The van der Waals surface area contributed by atoms with E-state index in [-0.39, 0.29) is 23.3 Å². The van der Waals surface area contributed by atoms with Crippen LogP contribution in [0.25, 0.3) is 44.0 Å². The van der Waals surface area contributed by atoms with Crippen LogP contribution in [0.4, 0.5) is 17.6 Å². The predicted octanol–water partition coefficient (Wildman–Crippen LogP) is 4.62. The van der Waals surface area contributed by atoms with E-state index in [0.29, 0.717) is 27.3 Å². The number of imidazole rings is 1. The number of aromatic amines is 1. The van der Waals surface area contributed by atoms with Gasteiger partial charge in [0.1, 0.15) is 22.8 Å². The molecule has 0 fully saturated rings. The smallest absolute Gasteiger partial charge is 0.437 e. The summed E-state index contributed by atoms with van der Waals surface area (Å²) in [7, 11) is 1.77. The summed E-state index contributed by atoms with van der Waals surface area (Å²) in [5, 5.41) is 10.2. The van der Waals surface area contributed by atoms with Crippen LogP contribution >= 0.6 is 0 Å². The summed E-state index contributed by atoms with van der Waals surface area (Å²) in [5.41, 5.74) is -0.0564. The van der Waals surface area contributed by atoms with E-state index in [0.717, 1.165) is 0 Å². The fourth-order valence-corrected chi connectivity index (χ4v) is 3.92. The molecule has 0 amide bonds. The normalized spacial score (nSPS) is 12.3. The van der Waals surface area contributed by atoms with E-state index in [2.05, 4.69) is 20.2 Å². The van der Waals surface area contributed by atoms with Crippen molar-refractivity contribution in [3.8, 4) is 17.0 Å². The van der Waals surface area contributed by atoms with Crippen molar-refractivity contribution in [1.82, 2.24) is 29.9 Å². The number of nitrogens with one attached hydrogen (secondary N) is 1. The molecular formula is C20H14F4N6O. The zero-order chi connectivity index (χ0) is 21.9. The molecule has 0 saturated carbocycles. The minimum absolute atomic E-state index is 0.108. The van der Waals surface area contributed by atoms with Crippen molar-refractivity contribution in [2.24, 2.45) is 7.05 Å². The van der Waals surface area contributed by atoms with Crippen LogP contribution in [-0.2, 0) is 13.2 Å². The van der Waals surface area contributed by atoms with E-state index in [1.807, 2.05) is 5.21 Å². The molecule has 31 heavy (non-hydrogen) atoms. The van der Waals surface area contributed by atoms with Gasteiger partial charge in [-0.05, 0) is 19.1 Å². The Balaban J connectivity index is 2.04. The summed E-state index contributed by atoms with van der Waals surface area (Å²) in [6, 6.07) is 3.90. The van der Waals surface area contributed by atoms with Crippen LogP contribution in [0.1, 0.15) is 12.6 Å². The van der Waals surface area contributed by atoms with Gasteiger partial charge in [-0.15, -0.1) is 0 Å². The number of rotatable bonds is 3. The van der Waals surface area contributed by atoms with Crippen molar-refractivity contribution in [2.45, 2.75) is 13.1 Å². The maximum atomic E-state index is 14.6. The second-order valence-electron chi connectivity index (χ2n) is 6.91. The molecule has 0 aliphatic heterocycles. The highest BCUT2D eigenvalue weighted by atomic mass is 19.4. The van der Waals surface area contributed by atoms with Gasteiger partial charge in [0, 0.05) is 35.6 Å². The maximum Gasteiger partial charge on any atom is 0.437 e. The molecule has 5 aromatic rings. The van der Waals surface area contributed by atoms with E-state index in [9.17, 15) is 17.6 Å². The van der Waals surface area contributed by atoms with E-state index < -0.39 is 23.4 Å². The zero-order valence-electron chi connectivity index (χ0n) is 16.3. The van der Waals surface area contributed by atoms with Crippen LogP contribution < -0.4 is 4.74 Å². The Kier molecular flexibility index (Phi) is 4.11. The van der Waals surface area contributed by atoms with E-state index in [4.69, 9.17) is 4.74 Å². The molecular weight excluding hydrogens is 416 g/mol. The number of nitrogens with zero attached hydrogens (tertiary/aromatic N) is 5. The van der Waals surface area contributed by atoms with Gasteiger partial charge in [0.25, 0.3) is 0 Å². The average Bonchev–Trinajstić information content (AvgIpc) is 3.35. The molecule has 0 atom stereocenters. The standard InChI is InChI=1S/C20H14F4N6O/c1-3-31-12-7-9(21)6-11-13-10(15-19(20(22,23)24)28-29-27-15)4-5-25-16(13)17-18(14(11)12)30(2)8-26-17/h4-8H,3H2,1-2H3,(H,27,28,29). The third kappa shape index (κ3) is 2.80. The largest absolute Gasteiger partial charge is 0.493 e. The van der Waals surface area contributed by atoms with Crippen molar-refractivity contribution >= 4 is 32.7 Å². The van der Waals surface area contributed by atoms with Gasteiger partial charge in [0.05, 0.1) is 29.4 Å². The van der Waals surface area contributed by atoms with E-state index in [1.165, 1.54) is 24.4 Å². The third-order valence-corrected chi connectivity index (χ3v) is 5.06. The Bertz CT molecular complexity index is 1470. The molecule has 7 nitrogen and oxygen atoms in total. The lowest BCUT2D eigenvalue weighted by Crippen LogP contribution is -2.07. The fraction of sp³-hybridized carbons (Fsp3) is 0.200. The molecule has 3 aromatic heterocycles. The number of alkyl halides is 3. The Hall–Kier alpha value is -3.76. The number of fused-ring (bicyclic) bond motifs is 6. The summed E-state index contributed by atoms with van der Waals surface area (Å²) >= 11 is 0. The summed E-state index contributed by atoms with van der Waals surface area (Å²) in [6.07, 6.45) is -1.80. The maximum absolute atomic E-state index is 14.6. The highest BCUT2D eigenvalue weighted by molar-refractivity contribution is 6.26. The summed E-state index contributed by atoms with van der Waals surface area (Å²) in [4.78, 5) is 8.76. The molecule has 3 heterocycles. The molecule has 0 radical (unpaired) electrons. The first-order valence-corrected chi connectivity index (χ1v) is 9.27. The minimum Gasteiger partial charge on any atom is -0.493 e. The number of ether oxygens (including phenoxy) is 1. The first-order valence-electron chi connectivity index (χ1n) is 9.27. The van der Waals surface area contributed by atoms with Gasteiger partial charge in [-0.25, -0.2) is 9.37 Å². The van der Waals surface area contributed by atoms with Gasteiger partial charge in [0.2, 0.25) is 0 Å². The summed E-state index contributed by atoms with van der Waals surface area (Å²) < 4.78 is 62.6.